The molecule has 0 aromatic heterocycles. The summed E-state index contributed by atoms with van der Waals surface area (Å²) in [6, 6.07) is 9.45. The van der Waals surface area contributed by atoms with Crippen molar-refractivity contribution >= 4 is 17.5 Å². The van der Waals surface area contributed by atoms with Crippen LogP contribution in [0.15, 0.2) is 36.4 Å². The molecule has 0 spiro atoms. The predicted molar refractivity (Wildman–Crippen MR) is 117 cm³/mol. The van der Waals surface area contributed by atoms with Crippen LogP contribution in [0.1, 0.15) is 57.2 Å². The molecule has 0 saturated carbocycles. The number of ether oxygens (including phenoxy) is 2. The van der Waals surface area contributed by atoms with Crippen LogP contribution in [0.5, 0.6) is 11.5 Å². The number of anilines is 1. The van der Waals surface area contributed by atoms with E-state index >= 15 is 0 Å². The van der Waals surface area contributed by atoms with Crippen molar-refractivity contribution in [2.45, 2.75) is 46.1 Å². The topological polar surface area (TPSA) is 76.7 Å². The molecule has 7 heteroatoms. The van der Waals surface area contributed by atoms with Crippen molar-refractivity contribution in [1.29, 1.82) is 0 Å². The molecule has 3 rings (SSSR count). The molecule has 2 amide bonds. The lowest BCUT2D eigenvalue weighted by Gasteiger charge is -2.29. The minimum Gasteiger partial charge on any atom is -0.490 e. The minimum absolute atomic E-state index is 0.0166. The van der Waals surface area contributed by atoms with Crippen molar-refractivity contribution in [3.05, 3.63) is 53.3 Å². The second kappa shape index (κ2) is 9.81. The fraction of sp³-hybridized carbons (Fsp3) is 0.417. The molecule has 0 fully saturated rings. The number of benzene rings is 2. The van der Waals surface area contributed by atoms with Gasteiger partial charge in [-0.3, -0.25) is 9.59 Å². The van der Waals surface area contributed by atoms with Gasteiger partial charge in [-0.15, -0.1) is 0 Å². The molecule has 2 aromatic rings. The zero-order chi connectivity index (χ0) is 22.5. The number of hydrogen-bond donors (Lipinski definition) is 2. The molecule has 31 heavy (non-hydrogen) atoms. The van der Waals surface area contributed by atoms with Gasteiger partial charge in [-0.25, -0.2) is 4.39 Å². The van der Waals surface area contributed by atoms with Crippen LogP contribution in [0.3, 0.4) is 0 Å². The Morgan fingerprint density at radius 1 is 1.13 bits per heavy atom. The van der Waals surface area contributed by atoms with Crippen molar-refractivity contribution in [3.63, 3.8) is 0 Å². The lowest BCUT2D eigenvalue weighted by molar-refractivity contribution is -0.127. The van der Waals surface area contributed by atoms with Gasteiger partial charge >= 0.3 is 0 Å². The highest BCUT2D eigenvalue weighted by Gasteiger charge is 2.33. The van der Waals surface area contributed by atoms with Crippen LogP contribution < -0.4 is 20.1 Å². The highest BCUT2D eigenvalue weighted by Crippen LogP contribution is 2.36. The largest absolute Gasteiger partial charge is 0.490 e. The molecule has 2 atom stereocenters. The maximum atomic E-state index is 13.6. The third-order valence-electron chi connectivity index (χ3n) is 5.26. The number of carbonyl (C=O) groups excluding carboxylic acids is 2. The smallest absolute Gasteiger partial charge is 0.228 e. The van der Waals surface area contributed by atoms with Gasteiger partial charge in [0.05, 0.1) is 25.2 Å². The van der Waals surface area contributed by atoms with Crippen LogP contribution in [0, 0.1) is 11.7 Å². The quantitative estimate of drug-likeness (QED) is 0.646. The molecule has 0 bridgehead atoms. The lowest BCUT2D eigenvalue weighted by Crippen LogP contribution is -2.38. The summed E-state index contributed by atoms with van der Waals surface area (Å²) in [4.78, 5) is 25.3. The molecular formula is C24H29FN2O4. The van der Waals surface area contributed by atoms with E-state index in [1.807, 2.05) is 45.9 Å². The molecular weight excluding hydrogens is 399 g/mol. The van der Waals surface area contributed by atoms with Crippen LogP contribution in [0.25, 0.3) is 0 Å². The predicted octanol–water partition coefficient (Wildman–Crippen LogP) is 4.56. The van der Waals surface area contributed by atoms with Gasteiger partial charge in [-0.2, -0.15) is 0 Å². The van der Waals surface area contributed by atoms with E-state index in [2.05, 4.69) is 10.6 Å². The highest BCUT2D eigenvalue weighted by molar-refractivity contribution is 6.01. The Bertz CT molecular complexity index is 961. The Morgan fingerprint density at radius 3 is 2.52 bits per heavy atom. The summed E-state index contributed by atoms with van der Waals surface area (Å²) in [5, 5.41) is 5.73. The summed E-state index contributed by atoms with van der Waals surface area (Å²) in [6.45, 7) is 8.85. The normalized spacial score (nSPS) is 16.3. The summed E-state index contributed by atoms with van der Waals surface area (Å²) in [5.74, 6) is -0.354. The van der Waals surface area contributed by atoms with Crippen LogP contribution in [-0.2, 0) is 9.59 Å². The van der Waals surface area contributed by atoms with Crippen LogP contribution in [-0.4, -0.2) is 25.0 Å². The lowest BCUT2D eigenvalue weighted by atomic mass is 9.88. The first-order chi connectivity index (χ1) is 14.8. The average molecular weight is 429 g/mol. The van der Waals surface area contributed by atoms with E-state index in [-0.39, 0.29) is 30.2 Å². The number of hydrogen-bond acceptors (Lipinski definition) is 4. The SMILES string of the molecule is CCOc1ccc([C@@H](NC(=O)[C@H]2CC(=O)Nc3cc(F)ccc32)C(C)C)cc1OCC. The van der Waals surface area contributed by atoms with E-state index in [4.69, 9.17) is 9.47 Å². The van der Waals surface area contributed by atoms with E-state index in [0.29, 0.717) is 36.0 Å². The molecule has 1 aliphatic heterocycles. The van der Waals surface area contributed by atoms with Gasteiger partial charge in [0, 0.05) is 12.1 Å². The Labute approximate surface area is 182 Å². The third kappa shape index (κ3) is 5.16. The maximum absolute atomic E-state index is 13.6. The number of nitrogens with one attached hydrogen (secondary N) is 2. The Hall–Kier alpha value is -3.09. The van der Waals surface area contributed by atoms with E-state index < -0.39 is 11.7 Å². The number of halogens is 1. The molecule has 2 N–H and O–H groups in total. The first-order valence-electron chi connectivity index (χ1n) is 10.6. The molecule has 0 saturated heterocycles. The second-order valence-corrected chi connectivity index (χ2v) is 7.84. The summed E-state index contributed by atoms with van der Waals surface area (Å²) in [6.07, 6.45) is 0.0166. The maximum Gasteiger partial charge on any atom is 0.228 e. The number of rotatable bonds is 8. The number of fused-ring (bicyclic) bond motifs is 1. The van der Waals surface area contributed by atoms with Crippen molar-refractivity contribution < 1.29 is 23.5 Å². The fourth-order valence-electron chi connectivity index (χ4n) is 3.82. The van der Waals surface area contributed by atoms with Gasteiger partial charge in [0.2, 0.25) is 11.8 Å². The standard InChI is InChI=1S/C24H29FN2O4/c1-5-30-20-10-7-15(11-21(20)31-6-2)23(14(3)4)27-24(29)18-13-22(28)26-19-12-16(25)8-9-17(18)19/h7-12,14,18,23H,5-6,13H2,1-4H3,(H,26,28)(H,27,29)/t18-,23-/m0/s1. The van der Waals surface area contributed by atoms with Crippen molar-refractivity contribution in [1.82, 2.24) is 5.32 Å². The van der Waals surface area contributed by atoms with Gasteiger partial charge in [0.15, 0.2) is 11.5 Å². The zero-order valence-electron chi connectivity index (χ0n) is 18.3. The van der Waals surface area contributed by atoms with Gasteiger partial charge in [0.25, 0.3) is 0 Å². The second-order valence-electron chi connectivity index (χ2n) is 7.84. The summed E-state index contributed by atoms with van der Waals surface area (Å²) in [5.41, 5.74) is 1.84. The molecule has 0 radical (unpaired) electrons. The number of carbonyl (C=O) groups is 2. The van der Waals surface area contributed by atoms with Crippen LogP contribution >= 0.6 is 0 Å². The van der Waals surface area contributed by atoms with Crippen LogP contribution in [0.4, 0.5) is 10.1 Å². The first kappa shape index (κ1) is 22.6. The minimum atomic E-state index is -0.681. The molecule has 0 unspecified atom stereocenters. The molecule has 1 aliphatic rings. The zero-order valence-corrected chi connectivity index (χ0v) is 18.3. The molecule has 6 nitrogen and oxygen atoms in total. The van der Waals surface area contributed by atoms with Gasteiger partial charge in [-0.1, -0.05) is 26.0 Å². The Kier molecular flexibility index (Phi) is 7.15. The van der Waals surface area contributed by atoms with E-state index in [1.54, 1.807) is 6.07 Å². The molecule has 1 heterocycles. The average Bonchev–Trinajstić information content (AvgIpc) is 2.72. The third-order valence-corrected chi connectivity index (χ3v) is 5.26. The Balaban J connectivity index is 1.88. The molecule has 0 aliphatic carbocycles. The first-order valence-corrected chi connectivity index (χ1v) is 10.6. The van der Waals surface area contributed by atoms with Crippen molar-refractivity contribution in [3.8, 4) is 11.5 Å². The van der Waals surface area contributed by atoms with E-state index in [9.17, 15) is 14.0 Å². The summed E-state index contributed by atoms with van der Waals surface area (Å²) < 4.78 is 25.0. The molecule has 2 aromatic carbocycles. The van der Waals surface area contributed by atoms with Gasteiger partial charge in [0.1, 0.15) is 5.82 Å². The van der Waals surface area contributed by atoms with Gasteiger partial charge in [-0.05, 0) is 55.2 Å². The van der Waals surface area contributed by atoms with Gasteiger partial charge < -0.3 is 20.1 Å². The summed E-state index contributed by atoms with van der Waals surface area (Å²) in [7, 11) is 0. The molecule has 166 valence electrons. The van der Waals surface area contributed by atoms with Crippen molar-refractivity contribution in [2.75, 3.05) is 18.5 Å². The van der Waals surface area contributed by atoms with Crippen LogP contribution in [0.2, 0.25) is 0 Å². The Morgan fingerprint density at radius 2 is 1.84 bits per heavy atom. The summed E-state index contributed by atoms with van der Waals surface area (Å²) >= 11 is 0. The highest BCUT2D eigenvalue weighted by atomic mass is 19.1. The van der Waals surface area contributed by atoms with E-state index in [1.165, 1.54) is 12.1 Å². The monoisotopic (exact) mass is 428 g/mol. The number of amides is 2. The van der Waals surface area contributed by atoms with Crippen molar-refractivity contribution in [2.24, 2.45) is 5.92 Å². The fourth-order valence-corrected chi connectivity index (χ4v) is 3.82. The van der Waals surface area contributed by atoms with E-state index in [0.717, 1.165) is 5.56 Å².